The topological polar surface area (TPSA) is 115 Å². The first-order valence-electron chi connectivity index (χ1n) is 8.54. The summed E-state index contributed by atoms with van der Waals surface area (Å²) in [5, 5.41) is 2.77. The second-order valence-corrected chi connectivity index (χ2v) is 6.26. The van der Waals surface area contributed by atoms with Crippen molar-refractivity contribution >= 4 is 23.1 Å². The van der Waals surface area contributed by atoms with E-state index in [1.807, 2.05) is 13.0 Å². The molecule has 3 aromatic heterocycles. The minimum atomic E-state index is -0.420. The summed E-state index contributed by atoms with van der Waals surface area (Å²) in [6.45, 7) is 2.29. The molecule has 0 aliphatic heterocycles. The molecule has 0 fully saturated rings. The minimum Gasteiger partial charge on any atom is -0.462 e. The smallest absolute Gasteiger partial charge is 0.332 e. The van der Waals surface area contributed by atoms with Gasteiger partial charge in [-0.25, -0.2) is 9.78 Å². The fourth-order valence-corrected chi connectivity index (χ4v) is 2.72. The van der Waals surface area contributed by atoms with Crippen molar-refractivity contribution < 1.29 is 9.21 Å². The average Bonchev–Trinajstić information content (AvgIpc) is 3.26. The van der Waals surface area contributed by atoms with Crippen LogP contribution in [0.4, 0.5) is 0 Å². The summed E-state index contributed by atoms with van der Waals surface area (Å²) in [4.78, 5) is 43.1. The van der Waals surface area contributed by atoms with E-state index in [2.05, 4.69) is 15.3 Å². The molecule has 0 bridgehead atoms. The molecule has 0 atom stereocenters. The molecule has 1 amide bonds. The van der Waals surface area contributed by atoms with Crippen molar-refractivity contribution in [1.29, 1.82) is 0 Å². The molecule has 27 heavy (non-hydrogen) atoms. The standard InChI is InChI=1S/C18H21N5O4/c1-11-6-7-12(27-11)8-9-14(24)19-10-4-5-13-20-15-16(21-13)22(2)18(26)23(3)17(15)25/h6-9H,4-5,10H2,1-3H3,(H,19,24)(H,20,21)/b9-8+. The highest BCUT2D eigenvalue weighted by Gasteiger charge is 2.13. The Balaban J connectivity index is 1.56. The van der Waals surface area contributed by atoms with E-state index in [1.54, 1.807) is 19.2 Å². The predicted octanol–water partition coefficient (Wildman–Crippen LogP) is 0.624. The molecule has 0 aliphatic carbocycles. The van der Waals surface area contributed by atoms with Crippen LogP contribution in [0.15, 0.2) is 32.2 Å². The number of fused-ring (bicyclic) bond motifs is 1. The first-order chi connectivity index (χ1) is 12.9. The van der Waals surface area contributed by atoms with Gasteiger partial charge in [0.05, 0.1) is 0 Å². The molecule has 0 spiro atoms. The first-order valence-corrected chi connectivity index (χ1v) is 8.54. The molecule has 3 aromatic rings. The molecule has 9 heteroatoms. The molecule has 0 radical (unpaired) electrons. The molecule has 0 saturated carbocycles. The molecule has 3 rings (SSSR count). The molecule has 3 heterocycles. The molecular formula is C18H21N5O4. The van der Waals surface area contributed by atoms with Crippen LogP contribution in [-0.2, 0) is 25.3 Å². The van der Waals surface area contributed by atoms with Crippen LogP contribution in [0, 0.1) is 6.92 Å². The summed E-state index contributed by atoms with van der Waals surface area (Å²) in [6.07, 6.45) is 4.19. The molecule has 0 aliphatic rings. The number of furan rings is 1. The zero-order valence-electron chi connectivity index (χ0n) is 15.4. The Morgan fingerprint density at radius 3 is 2.78 bits per heavy atom. The SMILES string of the molecule is Cc1ccc(/C=C/C(=O)NCCCc2nc3c([nH]2)c(=O)n(C)c(=O)n3C)o1. The number of nitrogens with one attached hydrogen (secondary N) is 2. The maximum Gasteiger partial charge on any atom is 0.332 e. The number of rotatable bonds is 6. The molecule has 2 N–H and O–H groups in total. The monoisotopic (exact) mass is 371 g/mol. The van der Waals surface area contributed by atoms with E-state index in [0.717, 1.165) is 10.3 Å². The molecule has 0 saturated heterocycles. The lowest BCUT2D eigenvalue weighted by Gasteiger charge is -2.00. The van der Waals surface area contributed by atoms with Crippen LogP contribution >= 0.6 is 0 Å². The summed E-state index contributed by atoms with van der Waals surface area (Å²) < 4.78 is 7.72. The second-order valence-electron chi connectivity index (χ2n) is 6.26. The van der Waals surface area contributed by atoms with Crippen LogP contribution in [0.3, 0.4) is 0 Å². The van der Waals surface area contributed by atoms with Crippen LogP contribution in [-0.4, -0.2) is 31.6 Å². The summed E-state index contributed by atoms with van der Waals surface area (Å²) in [6, 6.07) is 3.62. The molecule has 9 nitrogen and oxygen atoms in total. The van der Waals surface area contributed by atoms with Crippen LogP contribution in [0.1, 0.15) is 23.8 Å². The fourth-order valence-electron chi connectivity index (χ4n) is 2.72. The predicted molar refractivity (Wildman–Crippen MR) is 100 cm³/mol. The number of amides is 1. The van der Waals surface area contributed by atoms with Gasteiger partial charge < -0.3 is 14.7 Å². The van der Waals surface area contributed by atoms with Crippen molar-refractivity contribution in [2.45, 2.75) is 19.8 Å². The van der Waals surface area contributed by atoms with E-state index < -0.39 is 11.2 Å². The Bertz CT molecular complexity index is 1130. The number of nitrogens with zero attached hydrogens (tertiary/aromatic N) is 3. The molecular weight excluding hydrogens is 350 g/mol. The van der Waals surface area contributed by atoms with Gasteiger partial charge in [-0.2, -0.15) is 0 Å². The second kappa shape index (κ2) is 7.48. The largest absolute Gasteiger partial charge is 0.462 e. The van der Waals surface area contributed by atoms with Gasteiger partial charge in [0.2, 0.25) is 5.91 Å². The van der Waals surface area contributed by atoms with E-state index >= 15 is 0 Å². The lowest BCUT2D eigenvalue weighted by molar-refractivity contribution is -0.116. The van der Waals surface area contributed by atoms with Gasteiger partial charge in [-0.15, -0.1) is 0 Å². The Labute approximate surface area is 154 Å². The number of carbonyl (C=O) groups is 1. The zero-order valence-corrected chi connectivity index (χ0v) is 15.4. The number of carbonyl (C=O) groups excluding carboxylic acids is 1. The van der Waals surface area contributed by atoms with E-state index in [1.165, 1.54) is 17.7 Å². The van der Waals surface area contributed by atoms with Gasteiger partial charge in [-0.05, 0) is 31.6 Å². The summed E-state index contributed by atoms with van der Waals surface area (Å²) in [7, 11) is 3.00. The minimum absolute atomic E-state index is 0.218. The molecule has 0 unspecified atom stereocenters. The van der Waals surface area contributed by atoms with E-state index in [0.29, 0.717) is 42.1 Å². The highest BCUT2D eigenvalue weighted by atomic mass is 16.3. The molecule has 0 aromatic carbocycles. The third-order valence-corrected chi connectivity index (χ3v) is 4.19. The van der Waals surface area contributed by atoms with Gasteiger partial charge in [0.15, 0.2) is 5.65 Å². The van der Waals surface area contributed by atoms with Crippen LogP contribution < -0.4 is 16.6 Å². The van der Waals surface area contributed by atoms with Gasteiger partial charge in [-0.1, -0.05) is 0 Å². The van der Waals surface area contributed by atoms with Crippen molar-refractivity contribution in [3.8, 4) is 0 Å². The number of imidazole rings is 1. The summed E-state index contributed by atoms with van der Waals surface area (Å²) in [5.41, 5.74) is -0.191. The number of hydrogen-bond acceptors (Lipinski definition) is 5. The normalized spacial score (nSPS) is 11.5. The fraction of sp³-hybridized carbons (Fsp3) is 0.333. The number of aromatic amines is 1. The summed E-state index contributed by atoms with van der Waals surface area (Å²) in [5.74, 6) is 1.79. The highest BCUT2D eigenvalue weighted by Crippen LogP contribution is 2.08. The van der Waals surface area contributed by atoms with Crippen molar-refractivity contribution in [1.82, 2.24) is 24.4 Å². The van der Waals surface area contributed by atoms with Crippen LogP contribution in [0.25, 0.3) is 17.2 Å². The molecule has 142 valence electrons. The Morgan fingerprint density at radius 2 is 2.07 bits per heavy atom. The lowest BCUT2D eigenvalue weighted by atomic mass is 10.3. The Hall–Kier alpha value is -3.36. The highest BCUT2D eigenvalue weighted by molar-refractivity contribution is 5.91. The number of hydrogen-bond donors (Lipinski definition) is 2. The van der Waals surface area contributed by atoms with Gasteiger partial charge in [-0.3, -0.25) is 18.7 Å². The van der Waals surface area contributed by atoms with E-state index in [4.69, 9.17) is 4.42 Å². The van der Waals surface area contributed by atoms with Crippen LogP contribution in [0.2, 0.25) is 0 Å². The van der Waals surface area contributed by atoms with Crippen molar-refractivity contribution in [2.24, 2.45) is 14.1 Å². The number of H-pyrrole nitrogens is 1. The lowest BCUT2D eigenvalue weighted by Crippen LogP contribution is -2.36. The number of aromatic nitrogens is 4. The van der Waals surface area contributed by atoms with Gasteiger partial charge in [0.1, 0.15) is 22.9 Å². The van der Waals surface area contributed by atoms with Crippen molar-refractivity contribution in [3.05, 3.63) is 56.4 Å². The number of aryl methyl sites for hydroxylation is 3. The summed E-state index contributed by atoms with van der Waals surface area (Å²) >= 11 is 0. The maximum atomic E-state index is 12.1. The first kappa shape index (κ1) is 18.4. The Morgan fingerprint density at radius 1 is 1.30 bits per heavy atom. The maximum absolute atomic E-state index is 12.1. The average molecular weight is 371 g/mol. The Kier molecular flexibility index (Phi) is 5.11. The van der Waals surface area contributed by atoms with Crippen molar-refractivity contribution in [2.75, 3.05) is 6.54 Å². The van der Waals surface area contributed by atoms with E-state index in [9.17, 15) is 14.4 Å². The van der Waals surface area contributed by atoms with Gasteiger partial charge >= 0.3 is 5.69 Å². The van der Waals surface area contributed by atoms with Gasteiger partial charge in [0, 0.05) is 33.1 Å². The van der Waals surface area contributed by atoms with E-state index in [-0.39, 0.29) is 5.91 Å². The third-order valence-electron chi connectivity index (χ3n) is 4.19. The third kappa shape index (κ3) is 3.91. The van der Waals surface area contributed by atoms with Crippen molar-refractivity contribution in [3.63, 3.8) is 0 Å². The zero-order chi connectivity index (χ0) is 19.6. The quantitative estimate of drug-likeness (QED) is 0.487. The van der Waals surface area contributed by atoms with Gasteiger partial charge in [0.25, 0.3) is 5.56 Å². The van der Waals surface area contributed by atoms with Crippen LogP contribution in [0.5, 0.6) is 0 Å².